The van der Waals surface area contributed by atoms with Crippen molar-refractivity contribution in [1.29, 1.82) is 0 Å². The predicted molar refractivity (Wildman–Crippen MR) is 134 cm³/mol. The summed E-state index contributed by atoms with van der Waals surface area (Å²) in [5, 5.41) is 9.31. The third kappa shape index (κ3) is 4.45. The number of hydrogen-bond acceptors (Lipinski definition) is 6. The van der Waals surface area contributed by atoms with Crippen LogP contribution >= 0.6 is 0 Å². The number of benzene rings is 1. The first kappa shape index (κ1) is 21.1. The van der Waals surface area contributed by atoms with Crippen LogP contribution in [0.3, 0.4) is 0 Å². The minimum atomic E-state index is -0.192. The van der Waals surface area contributed by atoms with Crippen molar-refractivity contribution in [1.82, 2.24) is 24.6 Å². The van der Waals surface area contributed by atoms with Crippen LogP contribution in [-0.2, 0) is 7.05 Å². The molecule has 1 amide bonds. The van der Waals surface area contributed by atoms with Gasteiger partial charge in [-0.1, -0.05) is 12.1 Å². The van der Waals surface area contributed by atoms with Crippen LogP contribution in [0.15, 0.2) is 55.0 Å². The lowest BCUT2D eigenvalue weighted by Crippen LogP contribution is -2.44. The van der Waals surface area contributed by atoms with Gasteiger partial charge in [0.25, 0.3) is 5.91 Å². The van der Waals surface area contributed by atoms with Gasteiger partial charge in [-0.25, -0.2) is 9.97 Å². The van der Waals surface area contributed by atoms with Gasteiger partial charge in [0, 0.05) is 62.3 Å². The lowest BCUT2D eigenvalue weighted by atomic mass is 9.94. The molecule has 1 aromatic carbocycles. The van der Waals surface area contributed by atoms with E-state index in [1.165, 1.54) is 0 Å². The normalized spacial score (nSPS) is 14.5. The van der Waals surface area contributed by atoms with Crippen LogP contribution in [0.1, 0.15) is 10.4 Å². The fourth-order valence-corrected chi connectivity index (χ4v) is 4.20. The quantitative estimate of drug-likeness (QED) is 0.483. The second-order valence-corrected chi connectivity index (χ2v) is 8.58. The highest BCUT2D eigenvalue weighted by Gasteiger charge is 2.17. The molecule has 1 N–H and O–H groups in total. The molecule has 9 heteroatoms. The third-order valence-corrected chi connectivity index (χ3v) is 6.14. The van der Waals surface area contributed by atoms with Crippen molar-refractivity contribution in [2.24, 2.45) is 7.05 Å². The maximum absolute atomic E-state index is 13.0. The van der Waals surface area contributed by atoms with Crippen molar-refractivity contribution >= 4 is 41.8 Å². The van der Waals surface area contributed by atoms with E-state index in [1.807, 2.05) is 39.4 Å². The molecule has 166 valence electrons. The Hall–Kier alpha value is -3.72. The molecule has 33 heavy (non-hydrogen) atoms. The summed E-state index contributed by atoms with van der Waals surface area (Å²) >= 11 is 0. The highest BCUT2D eigenvalue weighted by atomic mass is 16.1. The average Bonchev–Trinajstić information content (AvgIpc) is 3.25. The number of fused-ring (bicyclic) bond motifs is 1. The number of likely N-dealkylation sites (N-methyl/N-ethyl adjacent to an activating group) is 1. The van der Waals surface area contributed by atoms with Gasteiger partial charge in [-0.2, -0.15) is 5.10 Å². The first-order valence-corrected chi connectivity index (χ1v) is 11.1. The van der Waals surface area contributed by atoms with E-state index in [2.05, 4.69) is 55.4 Å². The second-order valence-electron chi connectivity index (χ2n) is 8.58. The summed E-state index contributed by atoms with van der Waals surface area (Å²) in [5.41, 5.74) is 3.56. The number of piperazine rings is 1. The molecular weight excluding hydrogens is 413 g/mol. The number of carbonyl (C=O) groups is 1. The van der Waals surface area contributed by atoms with Crippen LogP contribution in [0, 0.1) is 0 Å². The van der Waals surface area contributed by atoms with Gasteiger partial charge in [-0.15, -0.1) is 0 Å². The number of pyridine rings is 2. The number of nitrogens with one attached hydrogen (secondary N) is 1. The topological polar surface area (TPSA) is 79.2 Å². The molecule has 5 rings (SSSR count). The Morgan fingerprint density at radius 2 is 1.85 bits per heavy atom. The largest absolute Gasteiger partial charge is 0.354 e. The van der Waals surface area contributed by atoms with Crippen LogP contribution in [0.4, 0.5) is 11.6 Å². The third-order valence-electron chi connectivity index (χ3n) is 6.14. The first-order chi connectivity index (χ1) is 16.0. The van der Waals surface area contributed by atoms with Gasteiger partial charge in [0.15, 0.2) is 7.85 Å². The van der Waals surface area contributed by atoms with E-state index in [0.717, 1.165) is 59.5 Å². The first-order valence-electron chi connectivity index (χ1n) is 11.1. The molecule has 0 atom stereocenters. The molecule has 1 aliphatic rings. The minimum Gasteiger partial charge on any atom is -0.354 e. The van der Waals surface area contributed by atoms with Crippen molar-refractivity contribution in [2.75, 3.05) is 43.4 Å². The maximum atomic E-state index is 13.0. The summed E-state index contributed by atoms with van der Waals surface area (Å²) in [7, 11) is 5.98. The standard InChI is InChI=1S/C24H26BN7O/c1-30-7-9-32(10-8-30)22-13-17(5-6-26-22)24(33)29-21-12-18-11-16(19-14-27-31(2)15-19)3-4-20(18)23(25)28-21/h3-6,11-15H,7-10,25H2,1-2H3,(H,28,29,33). The zero-order valence-corrected chi connectivity index (χ0v) is 19.1. The molecule has 0 unspecified atom stereocenters. The van der Waals surface area contributed by atoms with E-state index in [9.17, 15) is 4.79 Å². The molecule has 1 fully saturated rings. The summed E-state index contributed by atoms with van der Waals surface area (Å²) in [6, 6.07) is 11.8. The molecule has 4 aromatic rings. The summed E-state index contributed by atoms with van der Waals surface area (Å²) in [4.78, 5) is 26.6. The summed E-state index contributed by atoms with van der Waals surface area (Å²) in [5.74, 6) is 1.17. The Bertz CT molecular complexity index is 1330. The molecule has 0 radical (unpaired) electrons. The van der Waals surface area contributed by atoms with Gasteiger partial charge in [-0.3, -0.25) is 9.48 Å². The number of aromatic nitrogens is 4. The Kier molecular flexibility index (Phi) is 5.56. The van der Waals surface area contributed by atoms with Crippen molar-refractivity contribution in [3.8, 4) is 11.1 Å². The molecule has 0 saturated carbocycles. The van der Waals surface area contributed by atoms with Crippen molar-refractivity contribution in [2.45, 2.75) is 0 Å². The van der Waals surface area contributed by atoms with Gasteiger partial charge >= 0.3 is 0 Å². The Morgan fingerprint density at radius 1 is 1.03 bits per heavy atom. The number of aryl methyl sites for hydroxylation is 1. The highest BCUT2D eigenvalue weighted by molar-refractivity contribution is 6.37. The highest BCUT2D eigenvalue weighted by Crippen LogP contribution is 2.24. The maximum Gasteiger partial charge on any atom is 0.257 e. The second kappa shape index (κ2) is 8.67. The fraction of sp³-hybridized carbons (Fsp3) is 0.250. The smallest absolute Gasteiger partial charge is 0.257 e. The SMILES string of the molecule is Bc1nc(NC(=O)c2ccnc(N3CCN(C)CC3)c2)cc2cc(-c3cnn(C)c3)ccc12. The van der Waals surface area contributed by atoms with E-state index in [-0.39, 0.29) is 5.91 Å². The fourth-order valence-electron chi connectivity index (χ4n) is 4.20. The van der Waals surface area contributed by atoms with Crippen LogP contribution in [-0.4, -0.2) is 71.6 Å². The number of carbonyl (C=O) groups excluding carboxylic acids is 1. The summed E-state index contributed by atoms with van der Waals surface area (Å²) in [6.45, 7) is 3.78. The average molecular weight is 439 g/mol. The van der Waals surface area contributed by atoms with Crippen LogP contribution in [0.2, 0.25) is 0 Å². The minimum absolute atomic E-state index is 0.192. The number of amides is 1. The number of rotatable bonds is 4. The molecule has 4 heterocycles. The van der Waals surface area contributed by atoms with Crippen molar-refractivity contribution in [3.63, 3.8) is 0 Å². The van der Waals surface area contributed by atoms with Crippen LogP contribution in [0.25, 0.3) is 21.9 Å². The zero-order chi connectivity index (χ0) is 22.9. The molecule has 0 spiro atoms. The molecule has 1 saturated heterocycles. The predicted octanol–water partition coefficient (Wildman–Crippen LogP) is 1.29. The molecule has 8 nitrogen and oxygen atoms in total. The number of anilines is 2. The van der Waals surface area contributed by atoms with E-state index >= 15 is 0 Å². The Morgan fingerprint density at radius 3 is 2.61 bits per heavy atom. The van der Waals surface area contributed by atoms with E-state index in [0.29, 0.717) is 11.4 Å². The van der Waals surface area contributed by atoms with Gasteiger partial charge in [0.1, 0.15) is 11.6 Å². The van der Waals surface area contributed by atoms with Crippen molar-refractivity contribution < 1.29 is 4.79 Å². The number of nitrogens with zero attached hydrogens (tertiary/aromatic N) is 6. The van der Waals surface area contributed by atoms with Gasteiger partial charge in [0.2, 0.25) is 0 Å². The lowest BCUT2D eigenvalue weighted by molar-refractivity contribution is 0.102. The molecule has 0 aliphatic carbocycles. The van der Waals surface area contributed by atoms with Gasteiger partial charge < -0.3 is 15.1 Å². The Balaban J connectivity index is 1.39. The van der Waals surface area contributed by atoms with E-state index in [1.54, 1.807) is 16.9 Å². The molecule has 3 aromatic heterocycles. The Labute approximate surface area is 193 Å². The van der Waals surface area contributed by atoms with E-state index < -0.39 is 0 Å². The molecular formula is C24H26BN7O. The summed E-state index contributed by atoms with van der Waals surface area (Å²) in [6.07, 6.45) is 5.53. The zero-order valence-electron chi connectivity index (χ0n) is 19.1. The van der Waals surface area contributed by atoms with Crippen LogP contribution in [0.5, 0.6) is 0 Å². The van der Waals surface area contributed by atoms with Crippen molar-refractivity contribution in [3.05, 3.63) is 60.6 Å². The van der Waals surface area contributed by atoms with Gasteiger partial charge in [0.05, 0.1) is 6.20 Å². The molecule has 1 aliphatic heterocycles. The monoisotopic (exact) mass is 439 g/mol. The number of hydrogen-bond donors (Lipinski definition) is 1. The van der Waals surface area contributed by atoms with Crippen LogP contribution < -0.4 is 15.8 Å². The molecule has 0 bridgehead atoms. The lowest BCUT2D eigenvalue weighted by Gasteiger charge is -2.33. The van der Waals surface area contributed by atoms with Gasteiger partial charge in [-0.05, 0) is 47.6 Å². The summed E-state index contributed by atoms with van der Waals surface area (Å²) < 4.78 is 1.79. The van der Waals surface area contributed by atoms with E-state index in [4.69, 9.17) is 0 Å².